The molecule has 0 aromatic carbocycles. The van der Waals surface area contributed by atoms with Crippen LogP contribution >= 0.6 is 0 Å². The van der Waals surface area contributed by atoms with Crippen molar-refractivity contribution in [3.05, 3.63) is 0 Å². The van der Waals surface area contributed by atoms with Crippen LogP contribution in [0.1, 0.15) is 25.7 Å². The third kappa shape index (κ3) is 6.28. The lowest BCUT2D eigenvalue weighted by Crippen LogP contribution is -2.03. The van der Waals surface area contributed by atoms with Crippen molar-refractivity contribution in [3.8, 4) is 0 Å². The van der Waals surface area contributed by atoms with E-state index in [4.69, 9.17) is 0 Å². The van der Waals surface area contributed by atoms with Gasteiger partial charge in [-0.15, -0.1) is 0 Å². The minimum Gasteiger partial charge on any atom is -0.317 e. The summed E-state index contributed by atoms with van der Waals surface area (Å²) in [5.41, 5.74) is 0. The standard InChI is InChI=1S/2C4H9N.O/c2*1-2-4-5-3-1;/h2*5H,1-4H2;. The van der Waals surface area contributed by atoms with Gasteiger partial charge in [-0.2, -0.15) is 0 Å². The average molecular weight is 158 g/mol. The van der Waals surface area contributed by atoms with Gasteiger partial charge in [-0.05, 0) is 51.9 Å². The summed E-state index contributed by atoms with van der Waals surface area (Å²) in [4.78, 5) is 0. The van der Waals surface area contributed by atoms with Gasteiger partial charge in [0.05, 0.1) is 0 Å². The molecule has 0 aromatic heterocycles. The van der Waals surface area contributed by atoms with Crippen molar-refractivity contribution >= 4 is 0 Å². The molecule has 2 N–H and O–H groups in total. The lowest BCUT2D eigenvalue weighted by atomic mass is 10.4. The van der Waals surface area contributed by atoms with Gasteiger partial charge in [-0.25, -0.2) is 0 Å². The molecule has 0 atom stereocenters. The molecule has 0 unspecified atom stereocenters. The smallest absolute Gasteiger partial charge is 0 e. The lowest BCUT2D eigenvalue weighted by Gasteiger charge is -1.76. The fourth-order valence-corrected chi connectivity index (χ4v) is 1.25. The monoisotopic (exact) mass is 158 g/mol. The Morgan fingerprint density at radius 3 is 0.909 bits per heavy atom. The average Bonchev–Trinajstić information content (AvgIpc) is 2.67. The van der Waals surface area contributed by atoms with Gasteiger partial charge in [-0.3, -0.25) is 0 Å². The van der Waals surface area contributed by atoms with Crippen molar-refractivity contribution in [2.45, 2.75) is 25.7 Å². The highest BCUT2D eigenvalue weighted by Crippen LogP contribution is 1.90. The molecule has 2 fully saturated rings. The van der Waals surface area contributed by atoms with E-state index < -0.39 is 0 Å². The maximum absolute atomic E-state index is 3.22. The first-order valence-electron chi connectivity index (χ1n) is 4.41. The van der Waals surface area contributed by atoms with Crippen LogP contribution in [0.5, 0.6) is 0 Å². The summed E-state index contributed by atoms with van der Waals surface area (Å²) in [5.74, 6) is 0. The van der Waals surface area contributed by atoms with Gasteiger partial charge in [0, 0.05) is 5.48 Å². The third-order valence-corrected chi connectivity index (χ3v) is 1.91. The Kier molecular flexibility index (Phi) is 7.89. The van der Waals surface area contributed by atoms with Gasteiger partial charge in [0.25, 0.3) is 0 Å². The fraction of sp³-hybridized carbons (Fsp3) is 1.00. The van der Waals surface area contributed by atoms with E-state index in [-0.39, 0.29) is 5.48 Å². The molecule has 0 saturated carbocycles. The minimum absolute atomic E-state index is 0. The van der Waals surface area contributed by atoms with Crippen LogP contribution in [0, 0.1) is 0 Å². The first-order chi connectivity index (χ1) is 5.00. The number of nitrogens with one attached hydrogen (secondary N) is 2. The second-order valence-corrected chi connectivity index (χ2v) is 2.91. The summed E-state index contributed by atoms with van der Waals surface area (Å²) in [7, 11) is 0. The van der Waals surface area contributed by atoms with E-state index in [9.17, 15) is 0 Å². The van der Waals surface area contributed by atoms with Crippen LogP contribution in [0.2, 0.25) is 0 Å². The largest absolute Gasteiger partial charge is 0.317 e. The Labute approximate surface area is 68.9 Å². The van der Waals surface area contributed by atoms with Gasteiger partial charge < -0.3 is 10.6 Å². The zero-order valence-electron chi connectivity index (χ0n) is 7.07. The van der Waals surface area contributed by atoms with Crippen LogP contribution in [0.3, 0.4) is 0 Å². The predicted octanol–water partition coefficient (Wildman–Crippen LogP) is 0.621. The summed E-state index contributed by atoms with van der Waals surface area (Å²) >= 11 is 0. The van der Waals surface area contributed by atoms with Crippen molar-refractivity contribution in [2.24, 2.45) is 0 Å². The molecule has 0 aromatic rings. The molecule has 0 aliphatic carbocycles. The quantitative estimate of drug-likeness (QED) is 0.543. The highest BCUT2D eigenvalue weighted by molar-refractivity contribution is 4.56. The molecule has 2 rings (SSSR count). The zero-order valence-corrected chi connectivity index (χ0v) is 7.07. The first kappa shape index (κ1) is 10.9. The molecule has 2 aliphatic rings. The molecule has 0 bridgehead atoms. The summed E-state index contributed by atoms with van der Waals surface area (Å²) in [6.07, 6.45) is 5.56. The molecule has 0 spiro atoms. The molecule has 3 heteroatoms. The summed E-state index contributed by atoms with van der Waals surface area (Å²) < 4.78 is 0. The predicted molar refractivity (Wildman–Crippen MR) is 44.9 cm³/mol. The van der Waals surface area contributed by atoms with E-state index >= 15 is 0 Å². The maximum Gasteiger partial charge on any atom is 0 e. The Morgan fingerprint density at radius 1 is 0.545 bits per heavy atom. The van der Waals surface area contributed by atoms with E-state index in [1.165, 1.54) is 51.9 Å². The van der Waals surface area contributed by atoms with Crippen LogP contribution in [0.4, 0.5) is 0 Å². The first-order valence-corrected chi connectivity index (χ1v) is 4.41. The molecule has 11 heavy (non-hydrogen) atoms. The topological polar surface area (TPSA) is 52.6 Å². The molecule has 3 nitrogen and oxygen atoms in total. The SMILES string of the molecule is C1CCNC1.C1CCNC1.[O]. The van der Waals surface area contributed by atoms with E-state index in [2.05, 4.69) is 10.6 Å². The van der Waals surface area contributed by atoms with Crippen molar-refractivity contribution in [1.82, 2.24) is 10.6 Å². The Bertz CT molecular complexity index is 45.3. The highest BCUT2D eigenvalue weighted by atomic mass is 16.0. The lowest BCUT2D eigenvalue weighted by molar-refractivity contribution is 0.686. The normalized spacial score (nSPS) is 21.8. The van der Waals surface area contributed by atoms with E-state index in [1.54, 1.807) is 0 Å². The van der Waals surface area contributed by atoms with Gasteiger partial charge in [-0.1, -0.05) is 0 Å². The maximum atomic E-state index is 3.22. The molecule has 2 radical (unpaired) electrons. The van der Waals surface area contributed by atoms with Crippen molar-refractivity contribution < 1.29 is 5.48 Å². The van der Waals surface area contributed by atoms with E-state index in [0.29, 0.717) is 0 Å². The summed E-state index contributed by atoms with van der Waals surface area (Å²) in [6.45, 7) is 5.00. The van der Waals surface area contributed by atoms with Crippen LogP contribution in [-0.2, 0) is 5.48 Å². The van der Waals surface area contributed by atoms with Crippen LogP contribution < -0.4 is 10.6 Å². The number of hydrogen-bond acceptors (Lipinski definition) is 2. The zero-order chi connectivity index (χ0) is 7.07. The van der Waals surface area contributed by atoms with Crippen molar-refractivity contribution in [3.63, 3.8) is 0 Å². The van der Waals surface area contributed by atoms with E-state index in [0.717, 1.165) is 0 Å². The number of rotatable bonds is 0. The van der Waals surface area contributed by atoms with Crippen molar-refractivity contribution in [2.75, 3.05) is 26.2 Å². The summed E-state index contributed by atoms with van der Waals surface area (Å²) in [5, 5.41) is 6.44. The number of hydrogen-bond donors (Lipinski definition) is 2. The summed E-state index contributed by atoms with van der Waals surface area (Å²) in [6, 6.07) is 0. The Balaban J connectivity index is 0.000000167. The fourth-order valence-electron chi connectivity index (χ4n) is 1.25. The molecule has 2 saturated heterocycles. The van der Waals surface area contributed by atoms with Gasteiger partial charge in [0.1, 0.15) is 0 Å². The molecular weight excluding hydrogens is 140 g/mol. The van der Waals surface area contributed by atoms with Crippen LogP contribution in [-0.4, -0.2) is 26.2 Å². The molecule has 66 valence electrons. The minimum atomic E-state index is 0. The van der Waals surface area contributed by atoms with Crippen molar-refractivity contribution in [1.29, 1.82) is 0 Å². The Morgan fingerprint density at radius 2 is 0.818 bits per heavy atom. The van der Waals surface area contributed by atoms with Gasteiger partial charge in [0.15, 0.2) is 0 Å². The molecule has 2 aliphatic heterocycles. The molecular formula is C8H18N2O. The second-order valence-electron chi connectivity index (χ2n) is 2.91. The van der Waals surface area contributed by atoms with E-state index in [1.807, 2.05) is 0 Å². The Hall–Kier alpha value is -0.120. The third-order valence-electron chi connectivity index (χ3n) is 1.91. The van der Waals surface area contributed by atoms with Gasteiger partial charge in [0.2, 0.25) is 0 Å². The second kappa shape index (κ2) is 7.98. The van der Waals surface area contributed by atoms with Crippen LogP contribution in [0.15, 0.2) is 0 Å². The molecule has 0 amide bonds. The van der Waals surface area contributed by atoms with Gasteiger partial charge >= 0.3 is 0 Å². The molecule has 2 heterocycles. The van der Waals surface area contributed by atoms with Crippen LogP contribution in [0.25, 0.3) is 0 Å². The highest BCUT2D eigenvalue weighted by Gasteiger charge is 1.93.